The number of carbonyl (C=O) groups is 1. The molecule has 4 aromatic rings. The molecule has 0 saturated carbocycles. The average molecular weight is 420 g/mol. The average Bonchev–Trinajstić information content (AvgIpc) is 3.26. The van der Waals surface area contributed by atoms with Gasteiger partial charge >= 0.3 is 0 Å². The van der Waals surface area contributed by atoms with E-state index in [1.807, 2.05) is 54.9 Å². The highest BCUT2D eigenvalue weighted by Gasteiger charge is 2.14. The molecule has 0 fully saturated rings. The molecule has 0 radical (unpaired) electrons. The van der Waals surface area contributed by atoms with Crippen molar-refractivity contribution in [1.29, 1.82) is 0 Å². The van der Waals surface area contributed by atoms with Crippen LogP contribution in [-0.2, 0) is 6.54 Å². The molecule has 30 heavy (non-hydrogen) atoms. The number of aromatic nitrogens is 2. The summed E-state index contributed by atoms with van der Waals surface area (Å²) < 4.78 is 6.38. The van der Waals surface area contributed by atoms with Gasteiger partial charge in [0.2, 0.25) is 5.95 Å². The Morgan fingerprint density at radius 1 is 1.10 bits per heavy atom. The van der Waals surface area contributed by atoms with Crippen LogP contribution in [-0.4, -0.2) is 30.0 Å². The van der Waals surface area contributed by atoms with Gasteiger partial charge in [-0.25, -0.2) is 4.98 Å². The number of thiophene rings is 1. The first-order valence-corrected chi connectivity index (χ1v) is 10.3. The van der Waals surface area contributed by atoms with Crippen molar-refractivity contribution in [3.8, 4) is 5.75 Å². The Morgan fingerprint density at radius 3 is 2.70 bits per heavy atom. The molecule has 1 amide bonds. The maximum atomic E-state index is 12.8. The lowest BCUT2D eigenvalue weighted by molar-refractivity contribution is 0.0948. The van der Waals surface area contributed by atoms with Gasteiger partial charge in [0.15, 0.2) is 0 Å². The number of ether oxygens (including phenoxy) is 1. The summed E-state index contributed by atoms with van der Waals surface area (Å²) in [7, 11) is 3.37. The quantitative estimate of drug-likeness (QED) is 0.411. The summed E-state index contributed by atoms with van der Waals surface area (Å²) in [5.41, 5.74) is 3.01. The highest BCUT2D eigenvalue weighted by atomic mass is 32.1. The van der Waals surface area contributed by atoms with Gasteiger partial charge in [0.1, 0.15) is 11.6 Å². The van der Waals surface area contributed by atoms with Gasteiger partial charge in [-0.2, -0.15) is 4.98 Å². The molecule has 3 N–H and O–H groups in total. The Labute approximate surface area is 178 Å². The highest BCUT2D eigenvalue weighted by molar-refractivity contribution is 7.17. The molecule has 0 aliphatic carbocycles. The fourth-order valence-corrected chi connectivity index (χ4v) is 3.88. The third-order valence-corrected chi connectivity index (χ3v) is 5.45. The molecule has 0 saturated heterocycles. The van der Waals surface area contributed by atoms with Crippen molar-refractivity contribution >= 4 is 44.9 Å². The first-order chi connectivity index (χ1) is 14.7. The second-order valence-corrected chi connectivity index (χ2v) is 7.41. The van der Waals surface area contributed by atoms with Gasteiger partial charge in [-0.05, 0) is 35.2 Å². The summed E-state index contributed by atoms with van der Waals surface area (Å²) in [6.07, 6.45) is 0. The van der Waals surface area contributed by atoms with E-state index in [1.165, 1.54) is 0 Å². The van der Waals surface area contributed by atoms with E-state index in [9.17, 15) is 4.79 Å². The van der Waals surface area contributed by atoms with Crippen molar-refractivity contribution in [2.45, 2.75) is 6.54 Å². The molecule has 7 nitrogen and oxygen atoms in total. The maximum Gasteiger partial charge on any atom is 0.255 e. The zero-order valence-corrected chi connectivity index (χ0v) is 17.4. The number of benzene rings is 2. The molecule has 2 heterocycles. The van der Waals surface area contributed by atoms with Crippen molar-refractivity contribution in [3.63, 3.8) is 0 Å². The number of hydrogen-bond acceptors (Lipinski definition) is 7. The lowest BCUT2D eigenvalue weighted by Crippen LogP contribution is -2.23. The molecule has 2 aromatic heterocycles. The third kappa shape index (κ3) is 4.18. The zero-order chi connectivity index (χ0) is 20.9. The SMILES string of the molecule is CNc1nc(Nc2ccc(OC)c(C(=O)NCc3ccccc3)c2)nc2ccsc12. The molecule has 152 valence electrons. The number of hydrogen-bond donors (Lipinski definition) is 3. The standard InChI is InChI=1S/C22H21N5O2S/c1-23-20-19-17(10-11-30-19)26-22(27-20)25-15-8-9-18(29-2)16(12-15)21(28)24-13-14-6-4-3-5-7-14/h3-12H,13H2,1-2H3,(H,24,28)(H2,23,25,26,27). The van der Waals surface area contributed by atoms with Gasteiger partial charge in [-0.15, -0.1) is 11.3 Å². The molecular weight excluding hydrogens is 398 g/mol. The summed E-state index contributed by atoms with van der Waals surface area (Å²) >= 11 is 1.58. The molecule has 0 atom stereocenters. The number of rotatable bonds is 7. The summed E-state index contributed by atoms with van der Waals surface area (Å²) in [5, 5.41) is 11.2. The van der Waals surface area contributed by atoms with Crippen molar-refractivity contribution < 1.29 is 9.53 Å². The molecule has 2 aromatic carbocycles. The topological polar surface area (TPSA) is 88.2 Å². The Morgan fingerprint density at radius 2 is 1.93 bits per heavy atom. The Kier molecular flexibility index (Phi) is 5.76. The van der Waals surface area contributed by atoms with E-state index in [4.69, 9.17) is 4.74 Å². The number of carbonyl (C=O) groups excluding carboxylic acids is 1. The Balaban J connectivity index is 1.57. The zero-order valence-electron chi connectivity index (χ0n) is 16.6. The summed E-state index contributed by atoms with van der Waals surface area (Å²) in [6, 6.07) is 17.0. The van der Waals surface area contributed by atoms with Crippen molar-refractivity contribution in [2.75, 3.05) is 24.8 Å². The minimum Gasteiger partial charge on any atom is -0.496 e. The van der Waals surface area contributed by atoms with Gasteiger partial charge < -0.3 is 20.7 Å². The van der Waals surface area contributed by atoms with Crippen molar-refractivity contribution in [3.05, 3.63) is 71.1 Å². The monoisotopic (exact) mass is 419 g/mol. The first-order valence-electron chi connectivity index (χ1n) is 9.38. The van der Waals surface area contributed by atoms with Crippen LogP contribution in [0.1, 0.15) is 15.9 Å². The number of nitrogens with one attached hydrogen (secondary N) is 3. The number of nitrogens with zero attached hydrogens (tertiary/aromatic N) is 2. The molecule has 0 aliphatic heterocycles. The van der Waals surface area contributed by atoms with Crippen LogP contribution in [0, 0.1) is 0 Å². The predicted molar refractivity (Wildman–Crippen MR) is 121 cm³/mol. The van der Waals surface area contributed by atoms with E-state index in [1.54, 1.807) is 30.6 Å². The maximum absolute atomic E-state index is 12.8. The van der Waals surface area contributed by atoms with Crippen molar-refractivity contribution in [2.24, 2.45) is 0 Å². The van der Waals surface area contributed by atoms with Crippen molar-refractivity contribution in [1.82, 2.24) is 15.3 Å². The van der Waals surface area contributed by atoms with E-state index in [2.05, 4.69) is 25.9 Å². The largest absolute Gasteiger partial charge is 0.496 e. The fourth-order valence-electron chi connectivity index (χ4n) is 3.05. The molecule has 0 spiro atoms. The summed E-state index contributed by atoms with van der Waals surface area (Å²) in [4.78, 5) is 21.9. The molecular formula is C22H21N5O2S. The van der Waals surface area contributed by atoms with Crippen LogP contribution in [0.4, 0.5) is 17.5 Å². The molecule has 0 bridgehead atoms. The molecule has 4 rings (SSSR count). The lowest BCUT2D eigenvalue weighted by Gasteiger charge is -2.13. The van der Waals surface area contributed by atoms with E-state index < -0.39 is 0 Å². The first kappa shape index (κ1) is 19.7. The third-order valence-electron chi connectivity index (χ3n) is 4.54. The molecule has 8 heteroatoms. The van der Waals surface area contributed by atoms with Crippen LogP contribution in [0.25, 0.3) is 10.2 Å². The van der Waals surface area contributed by atoms with Crippen LogP contribution >= 0.6 is 11.3 Å². The lowest BCUT2D eigenvalue weighted by atomic mass is 10.1. The van der Waals surface area contributed by atoms with Crippen LogP contribution in [0.2, 0.25) is 0 Å². The number of fused-ring (bicyclic) bond motifs is 1. The van der Waals surface area contributed by atoms with Crippen LogP contribution < -0.4 is 20.7 Å². The van der Waals surface area contributed by atoms with Crippen LogP contribution in [0.3, 0.4) is 0 Å². The van der Waals surface area contributed by atoms with Crippen LogP contribution in [0.15, 0.2) is 60.0 Å². The van der Waals surface area contributed by atoms with E-state index in [0.717, 1.165) is 21.6 Å². The number of amides is 1. The summed E-state index contributed by atoms with van der Waals surface area (Å²) in [6.45, 7) is 0.434. The predicted octanol–water partition coefficient (Wildman–Crippen LogP) is 4.42. The second-order valence-electron chi connectivity index (χ2n) is 6.49. The Bertz CT molecular complexity index is 1180. The van der Waals surface area contributed by atoms with E-state index in [0.29, 0.717) is 29.5 Å². The Hall–Kier alpha value is -3.65. The molecule has 0 unspecified atom stereocenters. The van der Waals surface area contributed by atoms with Gasteiger partial charge in [0, 0.05) is 19.3 Å². The minimum atomic E-state index is -0.218. The minimum absolute atomic E-state index is 0.218. The van der Waals surface area contributed by atoms with Gasteiger partial charge in [0.05, 0.1) is 22.9 Å². The van der Waals surface area contributed by atoms with Crippen LogP contribution in [0.5, 0.6) is 5.75 Å². The number of methoxy groups -OCH3 is 1. The second kappa shape index (κ2) is 8.79. The highest BCUT2D eigenvalue weighted by Crippen LogP contribution is 2.29. The van der Waals surface area contributed by atoms with E-state index in [-0.39, 0.29) is 5.91 Å². The smallest absolute Gasteiger partial charge is 0.255 e. The normalized spacial score (nSPS) is 10.6. The van der Waals surface area contributed by atoms with Gasteiger partial charge in [-0.3, -0.25) is 4.79 Å². The van der Waals surface area contributed by atoms with Gasteiger partial charge in [0.25, 0.3) is 5.91 Å². The fraction of sp³-hybridized carbons (Fsp3) is 0.136. The number of anilines is 3. The molecule has 0 aliphatic rings. The van der Waals surface area contributed by atoms with E-state index >= 15 is 0 Å². The summed E-state index contributed by atoms with van der Waals surface area (Å²) in [5.74, 6) is 1.48. The van der Waals surface area contributed by atoms with Gasteiger partial charge in [-0.1, -0.05) is 30.3 Å².